The third-order valence-electron chi connectivity index (χ3n) is 2.62. The summed E-state index contributed by atoms with van der Waals surface area (Å²) in [4.78, 5) is 11.0. The van der Waals surface area contributed by atoms with Gasteiger partial charge in [0, 0.05) is 26.3 Å². The molecule has 1 aromatic carbocycles. The number of hydrogen-bond donors (Lipinski definition) is 1. The van der Waals surface area contributed by atoms with Crippen molar-refractivity contribution in [3.63, 3.8) is 0 Å². The minimum atomic E-state index is -0.781. The molecule has 1 aromatic rings. The van der Waals surface area contributed by atoms with E-state index in [4.69, 9.17) is 9.47 Å². The van der Waals surface area contributed by atoms with Gasteiger partial charge in [0.15, 0.2) is 6.29 Å². The second-order valence-corrected chi connectivity index (χ2v) is 3.80. The number of esters is 1. The molecular formula is C13H18FNO4. The van der Waals surface area contributed by atoms with Crippen LogP contribution in [0, 0.1) is 5.82 Å². The first kappa shape index (κ1) is 15.6. The van der Waals surface area contributed by atoms with Crippen molar-refractivity contribution in [3.05, 3.63) is 35.1 Å². The fourth-order valence-corrected chi connectivity index (χ4v) is 1.70. The molecule has 6 heteroatoms. The predicted octanol–water partition coefficient (Wildman–Crippen LogP) is 1.38. The summed E-state index contributed by atoms with van der Waals surface area (Å²) in [5.74, 6) is -0.793. The number of carbonyl (C=O) groups is 1. The van der Waals surface area contributed by atoms with E-state index in [1.165, 1.54) is 27.4 Å². The molecule has 0 aromatic heterocycles. The lowest BCUT2D eigenvalue weighted by Crippen LogP contribution is -2.24. The van der Waals surface area contributed by atoms with E-state index in [0.717, 1.165) is 0 Å². The van der Waals surface area contributed by atoms with Gasteiger partial charge in [-0.15, -0.1) is 0 Å². The molecule has 0 aliphatic heterocycles. The summed E-state index contributed by atoms with van der Waals surface area (Å²) in [5.41, 5.74) is 0.988. The molecule has 0 atom stereocenters. The first-order valence-corrected chi connectivity index (χ1v) is 5.74. The molecule has 1 N–H and O–H groups in total. The quantitative estimate of drug-likeness (QED) is 0.600. The standard InChI is InChI=1S/C13H18FNO4/c1-17-11(16)8-15-7-9-5-4-6-10(14)12(9)13(18-2)19-3/h4-6,13,15H,7-8H2,1-3H3. The molecule has 19 heavy (non-hydrogen) atoms. The summed E-state index contributed by atoms with van der Waals surface area (Å²) in [6.07, 6.45) is -0.781. The molecule has 0 amide bonds. The zero-order valence-electron chi connectivity index (χ0n) is 11.2. The molecule has 1 rings (SSSR count). The number of nitrogens with one attached hydrogen (secondary N) is 1. The first-order chi connectivity index (χ1) is 9.13. The second kappa shape index (κ2) is 7.83. The Labute approximate surface area is 111 Å². The lowest BCUT2D eigenvalue weighted by molar-refractivity contribution is -0.139. The Morgan fingerprint density at radius 2 is 2.00 bits per heavy atom. The normalized spacial score (nSPS) is 10.8. The van der Waals surface area contributed by atoms with Crippen LogP contribution < -0.4 is 5.32 Å². The van der Waals surface area contributed by atoms with E-state index in [0.29, 0.717) is 17.7 Å². The monoisotopic (exact) mass is 271 g/mol. The Balaban J connectivity index is 2.82. The SMILES string of the molecule is COC(=O)CNCc1cccc(F)c1C(OC)OC. The molecule has 0 heterocycles. The van der Waals surface area contributed by atoms with E-state index in [2.05, 4.69) is 10.1 Å². The van der Waals surface area contributed by atoms with Crippen LogP contribution in [-0.4, -0.2) is 33.8 Å². The summed E-state index contributed by atoms with van der Waals surface area (Å²) in [7, 11) is 4.18. The molecule has 0 saturated carbocycles. The average molecular weight is 271 g/mol. The Kier molecular flexibility index (Phi) is 6.41. The number of benzene rings is 1. The summed E-state index contributed by atoms with van der Waals surface area (Å²) in [6.45, 7) is 0.364. The maximum Gasteiger partial charge on any atom is 0.319 e. The van der Waals surface area contributed by atoms with Crippen LogP contribution in [0.2, 0.25) is 0 Å². The highest BCUT2D eigenvalue weighted by Crippen LogP contribution is 2.24. The lowest BCUT2D eigenvalue weighted by atomic mass is 10.1. The van der Waals surface area contributed by atoms with Crippen LogP contribution in [0.4, 0.5) is 4.39 Å². The smallest absolute Gasteiger partial charge is 0.319 e. The largest absolute Gasteiger partial charge is 0.468 e. The Morgan fingerprint density at radius 3 is 2.58 bits per heavy atom. The van der Waals surface area contributed by atoms with Gasteiger partial charge in [0.1, 0.15) is 5.82 Å². The van der Waals surface area contributed by atoms with Crippen LogP contribution in [0.3, 0.4) is 0 Å². The summed E-state index contributed by atoms with van der Waals surface area (Å²) in [5, 5.41) is 2.87. The Bertz CT molecular complexity index is 421. The zero-order valence-corrected chi connectivity index (χ0v) is 11.2. The molecule has 0 fully saturated rings. The van der Waals surface area contributed by atoms with Crippen molar-refractivity contribution in [2.75, 3.05) is 27.9 Å². The third kappa shape index (κ3) is 4.27. The fourth-order valence-electron chi connectivity index (χ4n) is 1.70. The van der Waals surface area contributed by atoms with Crippen LogP contribution in [0.5, 0.6) is 0 Å². The minimum absolute atomic E-state index is 0.0527. The van der Waals surface area contributed by atoms with Crippen LogP contribution in [0.25, 0.3) is 0 Å². The Morgan fingerprint density at radius 1 is 1.32 bits per heavy atom. The zero-order chi connectivity index (χ0) is 14.3. The molecule has 0 spiro atoms. The molecule has 5 nitrogen and oxygen atoms in total. The lowest BCUT2D eigenvalue weighted by Gasteiger charge is -2.18. The number of hydrogen-bond acceptors (Lipinski definition) is 5. The van der Waals surface area contributed by atoms with Crippen LogP contribution >= 0.6 is 0 Å². The van der Waals surface area contributed by atoms with Gasteiger partial charge in [-0.25, -0.2) is 4.39 Å². The molecule has 0 unspecified atom stereocenters. The van der Waals surface area contributed by atoms with Crippen LogP contribution in [0.1, 0.15) is 17.4 Å². The maximum absolute atomic E-state index is 13.8. The molecule has 0 aliphatic rings. The van der Waals surface area contributed by atoms with Crippen molar-refractivity contribution < 1.29 is 23.4 Å². The molecule has 0 aliphatic carbocycles. The number of carbonyl (C=O) groups excluding carboxylic acids is 1. The minimum Gasteiger partial charge on any atom is -0.468 e. The van der Waals surface area contributed by atoms with Crippen molar-refractivity contribution in [1.29, 1.82) is 0 Å². The number of halogens is 1. The highest BCUT2D eigenvalue weighted by molar-refractivity contribution is 5.71. The highest BCUT2D eigenvalue weighted by atomic mass is 19.1. The van der Waals surface area contributed by atoms with E-state index in [1.807, 2.05) is 0 Å². The van der Waals surface area contributed by atoms with Gasteiger partial charge in [0.2, 0.25) is 0 Å². The molecular weight excluding hydrogens is 253 g/mol. The maximum atomic E-state index is 13.8. The fraction of sp³-hybridized carbons (Fsp3) is 0.462. The van der Waals surface area contributed by atoms with E-state index in [1.54, 1.807) is 12.1 Å². The van der Waals surface area contributed by atoms with Crippen molar-refractivity contribution >= 4 is 5.97 Å². The number of rotatable bonds is 7. The van der Waals surface area contributed by atoms with Gasteiger partial charge in [0.05, 0.1) is 13.7 Å². The van der Waals surface area contributed by atoms with Gasteiger partial charge < -0.3 is 19.5 Å². The van der Waals surface area contributed by atoms with Gasteiger partial charge in [0.25, 0.3) is 0 Å². The first-order valence-electron chi connectivity index (χ1n) is 5.74. The molecule has 0 saturated heterocycles. The van der Waals surface area contributed by atoms with Crippen LogP contribution in [-0.2, 0) is 25.5 Å². The number of methoxy groups -OCH3 is 3. The third-order valence-corrected chi connectivity index (χ3v) is 2.62. The topological polar surface area (TPSA) is 56.8 Å². The van der Waals surface area contributed by atoms with Gasteiger partial charge in [-0.05, 0) is 11.6 Å². The van der Waals surface area contributed by atoms with Crippen molar-refractivity contribution in [2.45, 2.75) is 12.8 Å². The molecule has 106 valence electrons. The van der Waals surface area contributed by atoms with Crippen molar-refractivity contribution in [2.24, 2.45) is 0 Å². The van der Waals surface area contributed by atoms with E-state index in [9.17, 15) is 9.18 Å². The van der Waals surface area contributed by atoms with Gasteiger partial charge in [-0.1, -0.05) is 12.1 Å². The molecule has 0 bridgehead atoms. The van der Waals surface area contributed by atoms with Gasteiger partial charge in [-0.2, -0.15) is 0 Å². The average Bonchev–Trinajstić information content (AvgIpc) is 2.42. The summed E-state index contributed by atoms with van der Waals surface area (Å²) in [6, 6.07) is 4.67. The van der Waals surface area contributed by atoms with E-state index >= 15 is 0 Å². The van der Waals surface area contributed by atoms with Crippen molar-refractivity contribution in [1.82, 2.24) is 5.32 Å². The Hall–Kier alpha value is -1.50. The predicted molar refractivity (Wildman–Crippen MR) is 66.9 cm³/mol. The second-order valence-electron chi connectivity index (χ2n) is 3.80. The highest BCUT2D eigenvalue weighted by Gasteiger charge is 2.18. The summed E-state index contributed by atoms with van der Waals surface area (Å²) < 4.78 is 28.5. The summed E-state index contributed by atoms with van der Waals surface area (Å²) >= 11 is 0. The van der Waals surface area contributed by atoms with Gasteiger partial charge >= 0.3 is 5.97 Å². The number of ether oxygens (including phenoxy) is 3. The van der Waals surface area contributed by atoms with E-state index in [-0.39, 0.29) is 12.5 Å². The van der Waals surface area contributed by atoms with Crippen molar-refractivity contribution in [3.8, 4) is 0 Å². The van der Waals surface area contributed by atoms with Gasteiger partial charge in [-0.3, -0.25) is 4.79 Å². The van der Waals surface area contributed by atoms with Crippen LogP contribution in [0.15, 0.2) is 18.2 Å². The van der Waals surface area contributed by atoms with E-state index < -0.39 is 12.1 Å². The molecule has 0 radical (unpaired) electrons.